The van der Waals surface area contributed by atoms with E-state index in [2.05, 4.69) is 10.1 Å². The highest BCUT2D eigenvalue weighted by atomic mass is 35.5. The van der Waals surface area contributed by atoms with Crippen LogP contribution in [0.2, 0.25) is 5.15 Å². The predicted molar refractivity (Wildman–Crippen MR) is 42.4 cm³/mol. The molecule has 0 saturated carbocycles. The third-order valence-corrected chi connectivity index (χ3v) is 1.57. The van der Waals surface area contributed by atoms with Crippen LogP contribution in [-0.4, -0.2) is 14.6 Å². The highest BCUT2D eigenvalue weighted by Crippen LogP contribution is 2.12. The molecule has 2 aromatic heterocycles. The van der Waals surface area contributed by atoms with Crippen molar-refractivity contribution in [1.29, 1.82) is 0 Å². The zero-order valence-electron chi connectivity index (χ0n) is 5.53. The number of halogens is 1. The molecule has 56 valence electrons. The van der Waals surface area contributed by atoms with Gasteiger partial charge in [-0.15, -0.1) is 0 Å². The molecule has 0 radical (unpaired) electrons. The quantitative estimate of drug-likeness (QED) is 0.597. The third-order valence-electron chi connectivity index (χ3n) is 1.36. The minimum absolute atomic E-state index is 0.421. The maximum Gasteiger partial charge on any atom is 0.179 e. The van der Waals surface area contributed by atoms with Crippen molar-refractivity contribution in [3.63, 3.8) is 0 Å². The highest BCUT2D eigenvalue weighted by molar-refractivity contribution is 6.29. The van der Waals surface area contributed by atoms with Gasteiger partial charge in [-0.25, -0.2) is 9.50 Å². The maximum atomic E-state index is 5.64. The Bertz CT molecular complexity index is 394. The summed E-state index contributed by atoms with van der Waals surface area (Å²) in [5.74, 6) is 0. The fourth-order valence-corrected chi connectivity index (χ4v) is 1.00. The molecule has 2 aromatic rings. The molecule has 0 aliphatic rings. The lowest BCUT2D eigenvalue weighted by Gasteiger charge is -1.92. The fraction of sp³-hybridized carbons (Fsp3) is 0. The summed E-state index contributed by atoms with van der Waals surface area (Å²) in [4.78, 5) is 3.98. The summed E-state index contributed by atoms with van der Waals surface area (Å²) in [6, 6.07) is 1.65. The summed E-state index contributed by atoms with van der Waals surface area (Å²) in [5, 5.41) is 4.35. The molecule has 5 heteroatoms. The zero-order valence-corrected chi connectivity index (χ0v) is 6.28. The van der Waals surface area contributed by atoms with E-state index in [0.717, 1.165) is 0 Å². The van der Waals surface area contributed by atoms with Crippen molar-refractivity contribution in [1.82, 2.24) is 14.6 Å². The standard InChI is InChI=1S/C6H5ClN4/c7-5-1-2-11-6(10-5)4(8)3-9-11/h1-3H,8H2. The van der Waals surface area contributed by atoms with Gasteiger partial charge in [-0.3, -0.25) is 0 Å². The number of nitrogens with zero attached hydrogens (tertiary/aromatic N) is 3. The van der Waals surface area contributed by atoms with E-state index in [0.29, 0.717) is 16.5 Å². The first kappa shape index (κ1) is 6.42. The van der Waals surface area contributed by atoms with E-state index in [1.54, 1.807) is 23.0 Å². The van der Waals surface area contributed by atoms with Gasteiger partial charge in [-0.2, -0.15) is 5.10 Å². The summed E-state index contributed by atoms with van der Waals surface area (Å²) < 4.78 is 1.57. The molecule has 4 nitrogen and oxygen atoms in total. The molecule has 0 aromatic carbocycles. The molecule has 0 amide bonds. The predicted octanol–water partition coefficient (Wildman–Crippen LogP) is 0.965. The van der Waals surface area contributed by atoms with E-state index in [4.69, 9.17) is 17.3 Å². The van der Waals surface area contributed by atoms with Gasteiger partial charge in [0.1, 0.15) is 5.15 Å². The molecule has 0 unspecified atom stereocenters. The Kier molecular flexibility index (Phi) is 1.22. The Labute approximate surface area is 67.6 Å². The van der Waals surface area contributed by atoms with E-state index in [1.165, 1.54) is 0 Å². The Balaban J connectivity index is 2.87. The molecule has 2 N–H and O–H groups in total. The molecule has 0 atom stereocenters. The number of anilines is 1. The van der Waals surface area contributed by atoms with Crippen molar-refractivity contribution in [2.45, 2.75) is 0 Å². The van der Waals surface area contributed by atoms with Crippen molar-refractivity contribution < 1.29 is 0 Å². The normalized spacial score (nSPS) is 10.6. The number of nitrogen functional groups attached to an aromatic ring is 1. The van der Waals surface area contributed by atoms with Crippen LogP contribution in [0.5, 0.6) is 0 Å². The average molecular weight is 169 g/mol. The van der Waals surface area contributed by atoms with Crippen LogP contribution in [0.15, 0.2) is 18.5 Å². The van der Waals surface area contributed by atoms with E-state index in [9.17, 15) is 0 Å². The number of aromatic nitrogens is 3. The number of fused-ring (bicyclic) bond motifs is 1. The minimum atomic E-state index is 0.421. The fourth-order valence-electron chi connectivity index (χ4n) is 0.865. The van der Waals surface area contributed by atoms with Gasteiger partial charge < -0.3 is 5.73 Å². The third kappa shape index (κ3) is 0.914. The van der Waals surface area contributed by atoms with Crippen LogP contribution in [0.25, 0.3) is 5.65 Å². The van der Waals surface area contributed by atoms with Crippen LogP contribution in [-0.2, 0) is 0 Å². The molecule has 0 fully saturated rings. The molecular weight excluding hydrogens is 164 g/mol. The first-order valence-corrected chi connectivity index (χ1v) is 3.40. The second-order valence-electron chi connectivity index (χ2n) is 2.12. The number of nitrogens with two attached hydrogens (primary N) is 1. The Morgan fingerprint density at radius 1 is 1.55 bits per heavy atom. The summed E-state index contributed by atoms with van der Waals surface area (Å²) in [5.41, 5.74) is 6.67. The largest absolute Gasteiger partial charge is 0.394 e. The Morgan fingerprint density at radius 2 is 2.36 bits per heavy atom. The first-order chi connectivity index (χ1) is 5.27. The number of rotatable bonds is 0. The van der Waals surface area contributed by atoms with Crippen molar-refractivity contribution in [3.8, 4) is 0 Å². The molecule has 0 aliphatic carbocycles. The highest BCUT2D eigenvalue weighted by Gasteiger charge is 2.00. The van der Waals surface area contributed by atoms with Crippen molar-refractivity contribution in [2.24, 2.45) is 0 Å². The van der Waals surface area contributed by atoms with Crippen molar-refractivity contribution in [3.05, 3.63) is 23.6 Å². The molecule has 2 rings (SSSR count). The Morgan fingerprint density at radius 3 is 3.18 bits per heavy atom. The first-order valence-electron chi connectivity index (χ1n) is 3.03. The lowest BCUT2D eigenvalue weighted by atomic mass is 10.5. The van der Waals surface area contributed by atoms with Gasteiger partial charge in [0.2, 0.25) is 0 Å². The number of hydrogen-bond acceptors (Lipinski definition) is 3. The number of hydrogen-bond donors (Lipinski definition) is 1. The second-order valence-corrected chi connectivity index (χ2v) is 2.51. The van der Waals surface area contributed by atoms with Crippen molar-refractivity contribution >= 4 is 22.9 Å². The molecule has 0 saturated heterocycles. The summed E-state index contributed by atoms with van der Waals surface area (Å²) in [6.45, 7) is 0. The van der Waals surface area contributed by atoms with Gasteiger partial charge in [0.15, 0.2) is 5.65 Å². The molecule has 0 bridgehead atoms. The van der Waals surface area contributed by atoms with Crippen LogP contribution in [0.1, 0.15) is 0 Å². The summed E-state index contributed by atoms with van der Waals surface area (Å²) in [7, 11) is 0. The van der Waals surface area contributed by atoms with Gasteiger partial charge in [-0.1, -0.05) is 11.6 Å². The van der Waals surface area contributed by atoms with Gasteiger partial charge >= 0.3 is 0 Å². The zero-order chi connectivity index (χ0) is 7.84. The maximum absolute atomic E-state index is 5.64. The molecule has 11 heavy (non-hydrogen) atoms. The van der Waals surface area contributed by atoms with Gasteiger partial charge in [-0.05, 0) is 6.07 Å². The average Bonchev–Trinajstić information content (AvgIpc) is 2.33. The van der Waals surface area contributed by atoms with Crippen LogP contribution < -0.4 is 5.73 Å². The Hall–Kier alpha value is -1.29. The second kappa shape index (κ2) is 2.10. The minimum Gasteiger partial charge on any atom is -0.394 e. The summed E-state index contributed by atoms with van der Waals surface area (Å²) in [6.07, 6.45) is 3.25. The molecular formula is C6H5ClN4. The topological polar surface area (TPSA) is 56.2 Å². The van der Waals surface area contributed by atoms with Gasteiger partial charge in [0.25, 0.3) is 0 Å². The van der Waals surface area contributed by atoms with E-state index in [1.807, 2.05) is 0 Å². The smallest absolute Gasteiger partial charge is 0.179 e. The van der Waals surface area contributed by atoms with Crippen LogP contribution in [0, 0.1) is 0 Å². The van der Waals surface area contributed by atoms with Gasteiger partial charge in [0.05, 0.1) is 11.9 Å². The molecule has 0 spiro atoms. The van der Waals surface area contributed by atoms with Crippen LogP contribution in [0.3, 0.4) is 0 Å². The van der Waals surface area contributed by atoms with E-state index < -0.39 is 0 Å². The van der Waals surface area contributed by atoms with Crippen LogP contribution in [0.4, 0.5) is 5.69 Å². The van der Waals surface area contributed by atoms with Crippen LogP contribution >= 0.6 is 11.6 Å². The lowest BCUT2D eigenvalue weighted by Crippen LogP contribution is -1.90. The molecule has 0 aliphatic heterocycles. The van der Waals surface area contributed by atoms with E-state index in [-0.39, 0.29) is 0 Å². The molecule has 2 heterocycles. The van der Waals surface area contributed by atoms with Gasteiger partial charge in [0, 0.05) is 6.20 Å². The van der Waals surface area contributed by atoms with Crippen molar-refractivity contribution in [2.75, 3.05) is 5.73 Å². The van der Waals surface area contributed by atoms with E-state index >= 15 is 0 Å². The monoisotopic (exact) mass is 168 g/mol. The SMILES string of the molecule is Nc1cnn2ccc(Cl)nc12. The summed E-state index contributed by atoms with van der Waals surface area (Å²) >= 11 is 5.64. The lowest BCUT2D eigenvalue weighted by molar-refractivity contribution is 0.939.